The summed E-state index contributed by atoms with van der Waals surface area (Å²) >= 11 is 6.07. The third-order valence-corrected chi connectivity index (χ3v) is 6.92. The van der Waals surface area contributed by atoms with Crippen molar-refractivity contribution in [3.63, 3.8) is 0 Å². The number of nitrogens with zero attached hydrogens (tertiary/aromatic N) is 4. The lowest BCUT2D eigenvalue weighted by Crippen LogP contribution is -2.52. The van der Waals surface area contributed by atoms with Crippen molar-refractivity contribution < 1.29 is 0 Å². The zero-order chi connectivity index (χ0) is 18.4. The predicted octanol–water partition coefficient (Wildman–Crippen LogP) is 2.96. The van der Waals surface area contributed by atoms with Gasteiger partial charge in [-0.3, -0.25) is 9.88 Å². The molecule has 27 heavy (non-hydrogen) atoms. The van der Waals surface area contributed by atoms with Gasteiger partial charge in [0.1, 0.15) is 0 Å². The molecule has 3 aliphatic rings. The van der Waals surface area contributed by atoms with E-state index in [9.17, 15) is 0 Å². The Morgan fingerprint density at radius 1 is 1.07 bits per heavy atom. The molecule has 5 rings (SSSR count). The normalized spacial score (nSPS) is 28.9. The molecule has 1 aromatic carbocycles. The number of aromatic nitrogens is 3. The van der Waals surface area contributed by atoms with Gasteiger partial charge in [-0.05, 0) is 61.6 Å². The number of nitrogens with one attached hydrogen (secondary N) is 1. The summed E-state index contributed by atoms with van der Waals surface area (Å²) in [6, 6.07) is 9.75. The predicted molar refractivity (Wildman–Crippen MR) is 108 cm³/mol. The molecular formula is C20H27ClN6. The molecule has 1 aliphatic carbocycles. The van der Waals surface area contributed by atoms with Gasteiger partial charge in [-0.25, -0.2) is 0 Å². The van der Waals surface area contributed by atoms with Gasteiger partial charge in [0, 0.05) is 36.7 Å². The minimum atomic E-state index is 0.394. The van der Waals surface area contributed by atoms with Crippen LogP contribution in [0.2, 0.25) is 5.02 Å². The van der Waals surface area contributed by atoms with Crippen LogP contribution in [0.4, 0.5) is 11.9 Å². The van der Waals surface area contributed by atoms with Crippen molar-refractivity contribution in [2.75, 3.05) is 30.3 Å². The van der Waals surface area contributed by atoms with Crippen molar-refractivity contribution in [2.45, 2.75) is 44.2 Å². The molecule has 2 aliphatic heterocycles. The van der Waals surface area contributed by atoms with Crippen LogP contribution in [0, 0.1) is 11.8 Å². The molecule has 3 fully saturated rings. The summed E-state index contributed by atoms with van der Waals surface area (Å²) in [4.78, 5) is 8.16. The minimum Gasteiger partial charge on any atom is -0.368 e. The first-order valence-corrected chi connectivity index (χ1v) is 10.5. The lowest BCUT2D eigenvalue weighted by molar-refractivity contribution is 0.0744. The highest BCUT2D eigenvalue weighted by Gasteiger charge is 2.47. The number of piperidine rings is 2. The van der Waals surface area contributed by atoms with E-state index in [2.05, 4.69) is 37.1 Å². The van der Waals surface area contributed by atoms with Gasteiger partial charge in [0.05, 0.1) is 0 Å². The average Bonchev–Trinajstić information content (AvgIpc) is 3.31. The topological polar surface area (TPSA) is 74.1 Å². The van der Waals surface area contributed by atoms with E-state index < -0.39 is 0 Å². The molecule has 7 heteroatoms. The second-order valence-corrected chi connectivity index (χ2v) is 8.86. The highest BCUT2D eigenvalue weighted by Crippen LogP contribution is 2.48. The van der Waals surface area contributed by atoms with E-state index in [4.69, 9.17) is 17.3 Å². The molecule has 0 bridgehead atoms. The fourth-order valence-electron chi connectivity index (χ4n) is 5.09. The molecule has 2 saturated heterocycles. The second-order valence-electron chi connectivity index (χ2n) is 8.42. The highest BCUT2D eigenvalue weighted by molar-refractivity contribution is 6.30. The molecule has 3 atom stereocenters. The van der Waals surface area contributed by atoms with E-state index in [0.29, 0.717) is 18.0 Å². The number of nitrogens with two attached hydrogens (primary N) is 1. The van der Waals surface area contributed by atoms with Gasteiger partial charge in [0.2, 0.25) is 11.9 Å². The highest BCUT2D eigenvalue weighted by atomic mass is 35.5. The first kappa shape index (κ1) is 17.3. The number of rotatable bonds is 4. The molecule has 144 valence electrons. The molecule has 2 aromatic rings. The van der Waals surface area contributed by atoms with Crippen LogP contribution >= 0.6 is 11.6 Å². The monoisotopic (exact) mass is 386 g/mol. The number of nitrogen functional groups attached to an aromatic ring is 1. The van der Waals surface area contributed by atoms with Crippen LogP contribution in [-0.4, -0.2) is 51.8 Å². The van der Waals surface area contributed by atoms with Gasteiger partial charge in [-0.2, -0.15) is 0 Å². The van der Waals surface area contributed by atoms with Crippen molar-refractivity contribution in [3.05, 3.63) is 34.9 Å². The van der Waals surface area contributed by atoms with E-state index in [-0.39, 0.29) is 0 Å². The Balaban J connectivity index is 1.25. The van der Waals surface area contributed by atoms with Gasteiger partial charge >= 0.3 is 0 Å². The summed E-state index contributed by atoms with van der Waals surface area (Å²) in [5.74, 6) is 3.12. The number of aromatic amines is 1. The summed E-state index contributed by atoms with van der Waals surface area (Å²) in [5.41, 5.74) is 7.08. The summed E-state index contributed by atoms with van der Waals surface area (Å²) in [6.45, 7) is 3.30. The van der Waals surface area contributed by atoms with E-state index in [1.165, 1.54) is 37.8 Å². The number of likely N-dealkylation sites (tertiary alicyclic amines) is 1. The molecule has 0 spiro atoms. The number of hydrogen-bond donors (Lipinski definition) is 2. The lowest BCUT2D eigenvalue weighted by Gasteiger charge is -2.44. The van der Waals surface area contributed by atoms with Crippen LogP contribution in [0.1, 0.15) is 31.2 Å². The number of anilines is 2. The van der Waals surface area contributed by atoms with Crippen molar-refractivity contribution in [1.29, 1.82) is 0 Å². The molecule has 0 amide bonds. The van der Waals surface area contributed by atoms with Crippen molar-refractivity contribution in [2.24, 2.45) is 11.8 Å². The van der Waals surface area contributed by atoms with Gasteiger partial charge in [-0.15, -0.1) is 10.2 Å². The summed E-state index contributed by atoms with van der Waals surface area (Å²) in [5, 5.41) is 8.86. The van der Waals surface area contributed by atoms with Gasteiger partial charge in [0.25, 0.3) is 0 Å². The summed E-state index contributed by atoms with van der Waals surface area (Å²) < 4.78 is 0. The largest absolute Gasteiger partial charge is 0.368 e. The molecule has 1 saturated carbocycles. The maximum absolute atomic E-state index is 6.07. The maximum Gasteiger partial charge on any atom is 0.226 e. The van der Waals surface area contributed by atoms with Crippen LogP contribution < -0.4 is 10.6 Å². The van der Waals surface area contributed by atoms with E-state index in [1.807, 2.05) is 12.1 Å². The molecule has 6 nitrogen and oxygen atoms in total. The van der Waals surface area contributed by atoms with Gasteiger partial charge < -0.3 is 10.6 Å². The third kappa shape index (κ3) is 3.65. The third-order valence-electron chi connectivity index (χ3n) is 6.67. The fourth-order valence-corrected chi connectivity index (χ4v) is 5.21. The van der Waals surface area contributed by atoms with Crippen molar-refractivity contribution >= 4 is 23.5 Å². The van der Waals surface area contributed by atoms with E-state index in [1.54, 1.807) is 0 Å². The number of hydrogen-bond acceptors (Lipinski definition) is 5. The summed E-state index contributed by atoms with van der Waals surface area (Å²) in [7, 11) is 0. The van der Waals surface area contributed by atoms with Crippen LogP contribution in [0.3, 0.4) is 0 Å². The average molecular weight is 387 g/mol. The molecule has 3 heterocycles. The summed E-state index contributed by atoms with van der Waals surface area (Å²) in [6.07, 6.45) is 6.28. The standard InChI is InChI=1S/C20H27ClN6/c21-16-3-1-13(2-4-16)9-18-11-14-10-15(14)12-27(18)17-5-7-26(8-6-17)20-23-19(22)24-25-20/h1-4,14-15,17-18H,5-12H2,(H3,22,23,24,25). The zero-order valence-corrected chi connectivity index (χ0v) is 16.3. The van der Waals surface area contributed by atoms with Crippen LogP contribution in [0.5, 0.6) is 0 Å². The fraction of sp³-hybridized carbons (Fsp3) is 0.600. The first-order valence-electron chi connectivity index (χ1n) is 10.1. The van der Waals surface area contributed by atoms with Crippen LogP contribution in [-0.2, 0) is 6.42 Å². The smallest absolute Gasteiger partial charge is 0.226 e. The molecule has 3 unspecified atom stereocenters. The molecule has 1 aromatic heterocycles. The maximum atomic E-state index is 6.07. The van der Waals surface area contributed by atoms with Gasteiger partial charge in [0.15, 0.2) is 0 Å². The Bertz CT molecular complexity index is 782. The van der Waals surface area contributed by atoms with E-state index >= 15 is 0 Å². The quantitative estimate of drug-likeness (QED) is 0.845. The lowest BCUT2D eigenvalue weighted by atomic mass is 9.91. The Morgan fingerprint density at radius 2 is 1.85 bits per heavy atom. The number of fused-ring (bicyclic) bond motifs is 1. The molecule has 3 N–H and O–H groups in total. The minimum absolute atomic E-state index is 0.394. The van der Waals surface area contributed by atoms with Gasteiger partial charge in [-0.1, -0.05) is 23.7 Å². The second kappa shape index (κ2) is 6.99. The number of benzene rings is 1. The Kier molecular flexibility index (Phi) is 4.48. The molecule has 0 radical (unpaired) electrons. The first-order chi connectivity index (χ1) is 13.2. The Labute approximate surface area is 165 Å². The van der Waals surface area contributed by atoms with Crippen LogP contribution in [0.15, 0.2) is 24.3 Å². The SMILES string of the molecule is Nc1nnc(N2CCC(N3CC4CC4CC3Cc3ccc(Cl)cc3)CC2)[nH]1. The van der Waals surface area contributed by atoms with Crippen molar-refractivity contribution in [1.82, 2.24) is 20.1 Å². The Morgan fingerprint density at radius 3 is 2.56 bits per heavy atom. The number of halogens is 1. The Hall–Kier alpha value is -1.79. The van der Waals surface area contributed by atoms with E-state index in [0.717, 1.165) is 42.3 Å². The van der Waals surface area contributed by atoms with Crippen LogP contribution in [0.25, 0.3) is 0 Å². The van der Waals surface area contributed by atoms with Crippen molar-refractivity contribution in [3.8, 4) is 0 Å². The zero-order valence-electron chi connectivity index (χ0n) is 15.5. The number of H-pyrrole nitrogens is 1. The molecular weight excluding hydrogens is 360 g/mol.